The molecule has 7 N–H and O–H groups in total. The van der Waals surface area contributed by atoms with Gasteiger partial charge in [-0.25, -0.2) is 4.98 Å². The van der Waals surface area contributed by atoms with Gasteiger partial charge in [-0.1, -0.05) is 69.3 Å². The molecule has 288 valence electrons. The third-order valence-corrected chi connectivity index (χ3v) is 10.6. The maximum Gasteiger partial charge on any atom is 0.246 e. The SMILES string of the molecule is Cc1ncsc1-c1ccc(CNC(=O)[C@@H]2C[C@@H](O)CN2C(=O)[C@@H](NC(=O)CCCCc2ccc(CN(C)C[C@@H](N)CCC(N)=O)cc2)C(C)(C)C)cc1. The number of likely N-dealkylation sites (tertiary alicyclic amines) is 1. The van der Waals surface area contributed by atoms with Crippen LogP contribution in [-0.4, -0.2) is 87.9 Å². The maximum atomic E-state index is 13.9. The molecule has 0 unspecified atom stereocenters. The van der Waals surface area contributed by atoms with Crippen LogP contribution in [0.1, 0.15) is 81.7 Å². The number of unbranched alkanes of at least 4 members (excludes halogenated alkanes) is 1. The lowest BCUT2D eigenvalue weighted by Gasteiger charge is -2.35. The van der Waals surface area contributed by atoms with Crippen LogP contribution in [-0.2, 0) is 38.7 Å². The van der Waals surface area contributed by atoms with Gasteiger partial charge in [-0.05, 0) is 67.3 Å². The average Bonchev–Trinajstić information content (AvgIpc) is 3.72. The lowest BCUT2D eigenvalue weighted by Crippen LogP contribution is -2.57. The zero-order chi connectivity index (χ0) is 38.7. The molecule has 53 heavy (non-hydrogen) atoms. The predicted molar refractivity (Wildman–Crippen MR) is 208 cm³/mol. The summed E-state index contributed by atoms with van der Waals surface area (Å²) in [5.41, 5.74) is 17.8. The van der Waals surface area contributed by atoms with Gasteiger partial charge in [0.25, 0.3) is 0 Å². The van der Waals surface area contributed by atoms with Crippen molar-refractivity contribution in [1.82, 2.24) is 25.4 Å². The number of nitrogens with zero attached hydrogens (tertiary/aromatic N) is 3. The predicted octanol–water partition coefficient (Wildman–Crippen LogP) is 3.67. The summed E-state index contributed by atoms with van der Waals surface area (Å²) in [6.07, 6.45) is 2.72. The molecule has 0 bridgehead atoms. The molecule has 4 rings (SSSR count). The summed E-state index contributed by atoms with van der Waals surface area (Å²) < 4.78 is 0. The van der Waals surface area contributed by atoms with Crippen LogP contribution in [0.2, 0.25) is 0 Å². The van der Waals surface area contributed by atoms with Gasteiger partial charge in [0.05, 0.1) is 22.2 Å². The van der Waals surface area contributed by atoms with Crippen molar-refractivity contribution in [1.29, 1.82) is 0 Å². The Balaban J connectivity index is 1.23. The molecular formula is C40H57N7O5S. The van der Waals surface area contributed by atoms with Crippen molar-refractivity contribution >= 4 is 35.0 Å². The number of nitrogens with two attached hydrogens (primary N) is 2. The highest BCUT2D eigenvalue weighted by atomic mass is 32.1. The summed E-state index contributed by atoms with van der Waals surface area (Å²) in [6.45, 7) is 9.34. The number of carbonyl (C=O) groups excluding carboxylic acids is 4. The number of amides is 4. The van der Waals surface area contributed by atoms with E-state index in [9.17, 15) is 24.3 Å². The van der Waals surface area contributed by atoms with Gasteiger partial charge in [0.1, 0.15) is 12.1 Å². The van der Waals surface area contributed by atoms with E-state index < -0.39 is 23.6 Å². The van der Waals surface area contributed by atoms with Gasteiger partial charge in [0, 0.05) is 51.5 Å². The first-order valence-corrected chi connectivity index (χ1v) is 19.3. The standard InChI is InChI=1S/C40H57N7O5S/c1-26-36(53-25-44-26)30-16-14-28(15-17-30)21-43-38(51)33-20-32(48)24-47(33)39(52)37(40(2,3)4)45-35(50)9-7-6-8-27-10-12-29(13-11-27)22-46(5)23-31(41)18-19-34(42)49/h10-17,25,31-33,37,48H,6-9,18-24,41H2,1-5H3,(H2,42,49)(H,43,51)(H,45,50)/t31-,32+,33-,37+/m0/s1. The molecule has 3 aromatic rings. The summed E-state index contributed by atoms with van der Waals surface area (Å²) in [5, 5.41) is 16.4. The number of β-amino-alcohol motifs (C(OH)–C–C–N with tert-alkyl or cyclic N) is 1. The summed E-state index contributed by atoms with van der Waals surface area (Å²) in [6, 6.07) is 14.5. The number of thiazole rings is 1. The maximum absolute atomic E-state index is 13.9. The minimum Gasteiger partial charge on any atom is -0.391 e. The molecule has 1 fully saturated rings. The van der Waals surface area contributed by atoms with Crippen molar-refractivity contribution < 1.29 is 24.3 Å². The van der Waals surface area contributed by atoms with Crippen molar-refractivity contribution in [2.24, 2.45) is 16.9 Å². The van der Waals surface area contributed by atoms with E-state index in [4.69, 9.17) is 11.5 Å². The van der Waals surface area contributed by atoms with Gasteiger partial charge in [0.2, 0.25) is 23.6 Å². The Labute approximate surface area is 317 Å². The molecule has 0 spiro atoms. The summed E-state index contributed by atoms with van der Waals surface area (Å²) in [7, 11) is 2.00. The van der Waals surface area contributed by atoms with E-state index in [0.717, 1.165) is 46.6 Å². The van der Waals surface area contributed by atoms with E-state index in [0.29, 0.717) is 19.4 Å². The molecule has 4 amide bonds. The van der Waals surface area contributed by atoms with E-state index in [1.165, 1.54) is 10.5 Å². The molecule has 0 radical (unpaired) electrons. The third kappa shape index (κ3) is 12.7. The van der Waals surface area contributed by atoms with Crippen LogP contribution in [0.15, 0.2) is 54.0 Å². The topological polar surface area (TPSA) is 184 Å². The van der Waals surface area contributed by atoms with Crippen LogP contribution in [0.4, 0.5) is 0 Å². The quantitative estimate of drug-likeness (QED) is 0.122. The highest BCUT2D eigenvalue weighted by molar-refractivity contribution is 7.13. The Bertz CT molecular complexity index is 1670. The molecule has 1 aromatic heterocycles. The van der Waals surface area contributed by atoms with E-state index in [1.807, 2.05) is 64.5 Å². The fourth-order valence-electron chi connectivity index (χ4n) is 6.63. The van der Waals surface area contributed by atoms with E-state index in [-0.39, 0.29) is 62.0 Å². The van der Waals surface area contributed by atoms with Crippen LogP contribution in [0.25, 0.3) is 10.4 Å². The molecule has 1 aliphatic heterocycles. The van der Waals surface area contributed by atoms with Crippen LogP contribution in [0, 0.1) is 12.3 Å². The van der Waals surface area contributed by atoms with Crippen molar-refractivity contribution in [2.45, 2.75) is 110 Å². The Morgan fingerprint density at radius 2 is 1.68 bits per heavy atom. The molecule has 0 saturated carbocycles. The molecule has 1 aliphatic rings. The minimum absolute atomic E-state index is 0.0296. The van der Waals surface area contributed by atoms with E-state index in [1.54, 1.807) is 11.3 Å². The van der Waals surface area contributed by atoms with Gasteiger partial charge in [-0.2, -0.15) is 0 Å². The smallest absolute Gasteiger partial charge is 0.246 e. The number of aryl methyl sites for hydroxylation is 2. The number of benzene rings is 2. The normalized spacial score (nSPS) is 17.1. The number of hydrogen-bond donors (Lipinski definition) is 5. The zero-order valence-corrected chi connectivity index (χ0v) is 32.6. The molecule has 1 saturated heterocycles. The van der Waals surface area contributed by atoms with E-state index in [2.05, 4.69) is 44.8 Å². The molecular weight excluding hydrogens is 691 g/mol. The Morgan fingerprint density at radius 1 is 1.02 bits per heavy atom. The molecule has 12 nitrogen and oxygen atoms in total. The number of likely N-dealkylation sites (N-methyl/N-ethyl adjacent to an activating group) is 1. The van der Waals surface area contributed by atoms with Gasteiger partial charge in [0.15, 0.2) is 0 Å². The monoisotopic (exact) mass is 747 g/mol. The number of hydrogen-bond acceptors (Lipinski definition) is 9. The van der Waals surface area contributed by atoms with Crippen LogP contribution in [0.5, 0.6) is 0 Å². The molecule has 2 heterocycles. The lowest BCUT2D eigenvalue weighted by molar-refractivity contribution is -0.144. The highest BCUT2D eigenvalue weighted by Crippen LogP contribution is 2.28. The minimum atomic E-state index is -0.860. The summed E-state index contributed by atoms with van der Waals surface area (Å²) in [4.78, 5) is 60.4. The third-order valence-electron chi connectivity index (χ3n) is 9.61. The van der Waals surface area contributed by atoms with Crippen molar-refractivity contribution in [3.8, 4) is 10.4 Å². The summed E-state index contributed by atoms with van der Waals surface area (Å²) in [5.74, 6) is -1.26. The molecule has 4 atom stereocenters. The molecule has 13 heteroatoms. The molecule has 0 aliphatic carbocycles. The van der Waals surface area contributed by atoms with Gasteiger partial charge < -0.3 is 37.0 Å². The van der Waals surface area contributed by atoms with Gasteiger partial charge in [-0.15, -0.1) is 11.3 Å². The first kappa shape index (κ1) is 41.6. The number of aliphatic hydroxyl groups is 1. The first-order chi connectivity index (χ1) is 25.1. The second kappa shape index (κ2) is 19.2. The second-order valence-electron chi connectivity index (χ2n) is 15.4. The van der Waals surface area contributed by atoms with Gasteiger partial charge in [-0.3, -0.25) is 19.2 Å². The fraction of sp³-hybridized carbons (Fsp3) is 0.525. The average molecular weight is 748 g/mol. The number of nitrogens with one attached hydrogen (secondary N) is 2. The van der Waals surface area contributed by atoms with Crippen molar-refractivity contribution in [3.63, 3.8) is 0 Å². The fourth-order valence-corrected chi connectivity index (χ4v) is 7.45. The number of carbonyl (C=O) groups is 4. The zero-order valence-electron chi connectivity index (χ0n) is 31.8. The number of primary amides is 1. The largest absolute Gasteiger partial charge is 0.391 e. The van der Waals surface area contributed by atoms with Crippen molar-refractivity contribution in [2.75, 3.05) is 20.1 Å². The van der Waals surface area contributed by atoms with Crippen molar-refractivity contribution in [3.05, 3.63) is 76.4 Å². The Morgan fingerprint density at radius 3 is 2.30 bits per heavy atom. The van der Waals surface area contributed by atoms with Crippen LogP contribution in [0.3, 0.4) is 0 Å². The Hall–Kier alpha value is -4.17. The lowest BCUT2D eigenvalue weighted by atomic mass is 9.85. The number of aromatic nitrogens is 1. The van der Waals surface area contributed by atoms with Crippen LogP contribution >= 0.6 is 11.3 Å². The second-order valence-corrected chi connectivity index (χ2v) is 16.3. The number of rotatable bonds is 18. The first-order valence-electron chi connectivity index (χ1n) is 18.5. The number of aliphatic hydroxyl groups excluding tert-OH is 1. The Kier molecular flexibility index (Phi) is 15.1. The highest BCUT2D eigenvalue weighted by Gasteiger charge is 2.44. The van der Waals surface area contributed by atoms with Crippen LogP contribution < -0.4 is 22.1 Å². The van der Waals surface area contributed by atoms with Gasteiger partial charge >= 0.3 is 0 Å². The summed E-state index contributed by atoms with van der Waals surface area (Å²) >= 11 is 1.58. The molecule has 2 aromatic carbocycles. The van der Waals surface area contributed by atoms with E-state index >= 15 is 0 Å².